The van der Waals surface area contributed by atoms with E-state index in [1.807, 2.05) is 37.5 Å². The number of hydrogen-bond acceptors (Lipinski definition) is 3. The van der Waals surface area contributed by atoms with Crippen LogP contribution in [0.25, 0.3) is 0 Å². The average molecular weight is 173 g/mol. The lowest BCUT2D eigenvalue weighted by Gasteiger charge is -2.02. The van der Waals surface area contributed by atoms with Crippen molar-refractivity contribution in [2.45, 2.75) is 0 Å². The highest BCUT2D eigenvalue weighted by Crippen LogP contribution is 2.12. The number of benzene rings is 1. The van der Waals surface area contributed by atoms with Crippen molar-refractivity contribution < 1.29 is 0 Å². The molecule has 1 aromatic rings. The van der Waals surface area contributed by atoms with E-state index < -0.39 is 0 Å². The highest BCUT2D eigenvalue weighted by Gasteiger charge is 2.04. The molecule has 0 atom stereocenters. The van der Waals surface area contributed by atoms with Crippen molar-refractivity contribution in [1.29, 1.82) is 0 Å². The van der Waals surface area contributed by atoms with E-state index in [1.54, 1.807) is 0 Å². The number of amidine groups is 1. The summed E-state index contributed by atoms with van der Waals surface area (Å²) in [5, 5.41) is 3.08. The largest absolute Gasteiger partial charge is 0.388 e. The third-order valence-corrected chi connectivity index (χ3v) is 1.95. The third kappa shape index (κ3) is 1.59. The lowest BCUT2D eigenvalue weighted by Crippen LogP contribution is -1.95. The topological polar surface area (TPSA) is 36.8 Å². The summed E-state index contributed by atoms with van der Waals surface area (Å²) in [4.78, 5) is 8.43. The number of nitrogens with zero attached hydrogens (tertiary/aromatic N) is 2. The second kappa shape index (κ2) is 3.39. The molecule has 66 valence electrons. The standard InChI is InChI=1S/C10H11N3/c1-11-9-4-2-3-8(7-9)10-12-5-6-13-10/h2-5,7,11H,6H2,1H3. The molecule has 1 aromatic carbocycles. The van der Waals surface area contributed by atoms with E-state index in [0.29, 0.717) is 6.54 Å². The molecular formula is C10H11N3. The number of hydrogen-bond donors (Lipinski definition) is 1. The molecule has 0 amide bonds. The molecule has 3 heteroatoms. The van der Waals surface area contributed by atoms with Crippen molar-refractivity contribution in [3.63, 3.8) is 0 Å². The predicted molar refractivity (Wildman–Crippen MR) is 55.9 cm³/mol. The van der Waals surface area contributed by atoms with Crippen molar-refractivity contribution in [3.8, 4) is 0 Å². The smallest absolute Gasteiger partial charge is 0.154 e. The Balaban J connectivity index is 2.35. The first-order chi connectivity index (χ1) is 6.40. The van der Waals surface area contributed by atoms with E-state index in [2.05, 4.69) is 15.3 Å². The fourth-order valence-electron chi connectivity index (χ4n) is 1.28. The second-order valence-electron chi connectivity index (χ2n) is 2.81. The van der Waals surface area contributed by atoms with Gasteiger partial charge in [0, 0.05) is 24.5 Å². The van der Waals surface area contributed by atoms with Crippen molar-refractivity contribution in [2.24, 2.45) is 9.98 Å². The quantitative estimate of drug-likeness (QED) is 0.724. The van der Waals surface area contributed by atoms with Crippen molar-refractivity contribution in [3.05, 3.63) is 29.8 Å². The Hall–Kier alpha value is -1.64. The zero-order chi connectivity index (χ0) is 9.10. The highest BCUT2D eigenvalue weighted by atomic mass is 15.0. The Morgan fingerprint density at radius 2 is 2.31 bits per heavy atom. The van der Waals surface area contributed by atoms with Crippen molar-refractivity contribution in [2.75, 3.05) is 18.9 Å². The van der Waals surface area contributed by atoms with Crippen LogP contribution in [-0.4, -0.2) is 25.6 Å². The molecule has 13 heavy (non-hydrogen) atoms. The van der Waals surface area contributed by atoms with Gasteiger partial charge in [-0.1, -0.05) is 12.1 Å². The molecule has 0 aliphatic carbocycles. The Bertz CT molecular complexity index is 366. The summed E-state index contributed by atoms with van der Waals surface area (Å²) in [6.45, 7) is 0.707. The first-order valence-electron chi connectivity index (χ1n) is 4.25. The SMILES string of the molecule is CNc1cccc(C2=NCC=N2)c1. The summed E-state index contributed by atoms with van der Waals surface area (Å²) >= 11 is 0. The summed E-state index contributed by atoms with van der Waals surface area (Å²) in [6.07, 6.45) is 1.82. The van der Waals surface area contributed by atoms with Crippen LogP contribution in [0.15, 0.2) is 34.3 Å². The summed E-state index contributed by atoms with van der Waals surface area (Å²) < 4.78 is 0. The van der Waals surface area contributed by atoms with Gasteiger partial charge in [-0.05, 0) is 12.1 Å². The van der Waals surface area contributed by atoms with E-state index in [-0.39, 0.29) is 0 Å². The highest BCUT2D eigenvalue weighted by molar-refractivity contribution is 6.06. The Morgan fingerprint density at radius 3 is 3.00 bits per heavy atom. The van der Waals surface area contributed by atoms with Crippen LogP contribution in [0.1, 0.15) is 5.56 Å². The number of rotatable bonds is 2. The molecule has 0 unspecified atom stereocenters. The number of aliphatic imine (C=N–C) groups is 2. The lowest BCUT2D eigenvalue weighted by molar-refractivity contribution is 1.35. The summed E-state index contributed by atoms with van der Waals surface area (Å²) in [6, 6.07) is 8.07. The molecule has 0 saturated heterocycles. The summed E-state index contributed by atoms with van der Waals surface area (Å²) in [5.41, 5.74) is 2.16. The van der Waals surface area contributed by atoms with E-state index in [9.17, 15) is 0 Å². The van der Waals surface area contributed by atoms with Gasteiger partial charge in [0.15, 0.2) is 5.84 Å². The van der Waals surface area contributed by atoms with Crippen LogP contribution in [0, 0.1) is 0 Å². The van der Waals surface area contributed by atoms with Crippen LogP contribution in [0.5, 0.6) is 0 Å². The Kier molecular flexibility index (Phi) is 2.08. The van der Waals surface area contributed by atoms with Gasteiger partial charge < -0.3 is 5.32 Å². The van der Waals surface area contributed by atoms with Crippen LogP contribution in [0.4, 0.5) is 5.69 Å². The molecule has 1 aliphatic rings. The molecule has 3 nitrogen and oxygen atoms in total. The van der Waals surface area contributed by atoms with Crippen molar-refractivity contribution >= 4 is 17.7 Å². The maximum atomic E-state index is 4.25. The van der Waals surface area contributed by atoms with Gasteiger partial charge in [0.25, 0.3) is 0 Å². The van der Waals surface area contributed by atoms with E-state index >= 15 is 0 Å². The van der Waals surface area contributed by atoms with Gasteiger partial charge in [-0.25, -0.2) is 4.99 Å². The monoisotopic (exact) mass is 173 g/mol. The first kappa shape index (κ1) is 7.98. The maximum absolute atomic E-state index is 4.25. The fraction of sp³-hybridized carbons (Fsp3) is 0.200. The third-order valence-electron chi connectivity index (χ3n) is 1.95. The molecule has 0 fully saturated rings. The number of nitrogens with one attached hydrogen (secondary N) is 1. The minimum Gasteiger partial charge on any atom is -0.388 e. The molecule has 0 saturated carbocycles. The van der Waals surface area contributed by atoms with Gasteiger partial charge in [0.2, 0.25) is 0 Å². The first-order valence-corrected chi connectivity index (χ1v) is 4.25. The van der Waals surface area contributed by atoms with Crippen LogP contribution in [-0.2, 0) is 0 Å². The van der Waals surface area contributed by atoms with E-state index in [0.717, 1.165) is 17.1 Å². The zero-order valence-electron chi connectivity index (χ0n) is 7.49. The van der Waals surface area contributed by atoms with E-state index in [1.165, 1.54) is 0 Å². The van der Waals surface area contributed by atoms with Gasteiger partial charge in [0.1, 0.15) is 0 Å². The zero-order valence-corrected chi connectivity index (χ0v) is 7.49. The van der Waals surface area contributed by atoms with Crippen LogP contribution < -0.4 is 5.32 Å². The molecule has 0 aromatic heterocycles. The Labute approximate surface area is 77.2 Å². The van der Waals surface area contributed by atoms with E-state index in [4.69, 9.17) is 0 Å². The van der Waals surface area contributed by atoms with Gasteiger partial charge in [-0.3, -0.25) is 4.99 Å². The molecule has 0 spiro atoms. The van der Waals surface area contributed by atoms with Crippen LogP contribution in [0.3, 0.4) is 0 Å². The molecule has 1 aliphatic heterocycles. The second-order valence-corrected chi connectivity index (χ2v) is 2.81. The van der Waals surface area contributed by atoms with Gasteiger partial charge in [0.05, 0.1) is 6.54 Å². The molecular weight excluding hydrogens is 162 g/mol. The number of anilines is 1. The maximum Gasteiger partial charge on any atom is 0.154 e. The van der Waals surface area contributed by atoms with Crippen molar-refractivity contribution in [1.82, 2.24) is 0 Å². The minimum atomic E-state index is 0.707. The molecule has 0 radical (unpaired) electrons. The normalized spacial score (nSPS) is 14.4. The summed E-state index contributed by atoms with van der Waals surface area (Å²) in [7, 11) is 1.90. The molecule has 2 rings (SSSR count). The molecule has 1 heterocycles. The van der Waals surface area contributed by atoms with Gasteiger partial charge >= 0.3 is 0 Å². The summed E-state index contributed by atoms with van der Waals surface area (Å²) in [5.74, 6) is 0.831. The predicted octanol–water partition coefficient (Wildman–Crippen LogP) is 1.56. The van der Waals surface area contributed by atoms with Gasteiger partial charge in [-0.15, -0.1) is 0 Å². The minimum absolute atomic E-state index is 0.707. The fourth-order valence-corrected chi connectivity index (χ4v) is 1.28. The molecule has 0 bridgehead atoms. The lowest BCUT2D eigenvalue weighted by atomic mass is 10.2. The van der Waals surface area contributed by atoms with Crippen LogP contribution in [0.2, 0.25) is 0 Å². The Morgan fingerprint density at radius 1 is 1.38 bits per heavy atom. The molecule has 1 N–H and O–H groups in total. The van der Waals surface area contributed by atoms with Crippen LogP contribution >= 0.6 is 0 Å². The van der Waals surface area contributed by atoms with Gasteiger partial charge in [-0.2, -0.15) is 0 Å². The average Bonchev–Trinajstić information content (AvgIpc) is 2.71.